The fourth-order valence-corrected chi connectivity index (χ4v) is 5.16. The van der Waals surface area contributed by atoms with Gasteiger partial charge in [0, 0.05) is 24.9 Å². The van der Waals surface area contributed by atoms with Crippen molar-refractivity contribution in [2.24, 2.45) is 22.4 Å². The zero-order valence-corrected chi connectivity index (χ0v) is 23.2. The van der Waals surface area contributed by atoms with E-state index in [1.165, 1.54) is 24.5 Å². The molecule has 0 saturated carbocycles. The number of nitrogens with two attached hydrogens (primary N) is 2. The third kappa shape index (κ3) is 11.0. The Labute approximate surface area is 233 Å². The van der Waals surface area contributed by atoms with E-state index in [2.05, 4.69) is 51.8 Å². The Balaban J connectivity index is 1.77. The highest BCUT2D eigenvalue weighted by molar-refractivity contribution is 5.83. The first-order valence-corrected chi connectivity index (χ1v) is 14.3. The molecule has 0 spiro atoms. The van der Waals surface area contributed by atoms with Crippen molar-refractivity contribution in [3.05, 3.63) is 72.0 Å². The maximum Gasteiger partial charge on any atom is 0.328 e. The van der Waals surface area contributed by atoms with Gasteiger partial charge < -0.3 is 32.2 Å². The summed E-state index contributed by atoms with van der Waals surface area (Å²) in [5, 5.41) is 16.5. The van der Waals surface area contributed by atoms with Crippen LogP contribution in [0.4, 0.5) is 5.82 Å². The van der Waals surface area contributed by atoms with Crippen molar-refractivity contribution < 1.29 is 9.90 Å². The van der Waals surface area contributed by atoms with Gasteiger partial charge in [-0.3, -0.25) is 4.99 Å². The van der Waals surface area contributed by atoms with E-state index in [4.69, 9.17) is 11.5 Å². The highest BCUT2D eigenvalue weighted by Gasteiger charge is 2.27. The number of rotatable bonds is 17. The Morgan fingerprint density at radius 1 is 1.13 bits per heavy atom. The van der Waals surface area contributed by atoms with E-state index in [-0.39, 0.29) is 18.1 Å². The van der Waals surface area contributed by atoms with E-state index >= 15 is 0 Å². The molecule has 4 atom stereocenters. The number of aromatic nitrogens is 1. The number of benzene rings is 1. The molecule has 1 aromatic heterocycles. The van der Waals surface area contributed by atoms with E-state index < -0.39 is 5.97 Å². The van der Waals surface area contributed by atoms with Crippen LogP contribution in [0.3, 0.4) is 0 Å². The molecule has 2 aromatic rings. The Hall–Kier alpha value is -3.52. The lowest BCUT2D eigenvalue weighted by Gasteiger charge is -2.31. The summed E-state index contributed by atoms with van der Waals surface area (Å²) in [7, 11) is 0. The summed E-state index contributed by atoms with van der Waals surface area (Å²) in [6, 6.07) is 14.1. The standard InChI is InChI=1S/C31H46N6O2/c1-2-3-12-25(32)13-7-11-24(16-15-23-9-5-4-6-10-23)17-18-27(36-29-14-8-20-34-29)26(22-30(38)39)28-19-21-35-31(33)37-28/h4-6,8-10,14-16,20,22,24-25,27-28,34,36H,2-3,7,11-13,17-19,21,32H2,1H3,(H,38,39)(H3,33,35,37). The van der Waals surface area contributed by atoms with E-state index in [0.29, 0.717) is 24.8 Å². The fraction of sp³-hybridized carbons (Fsp3) is 0.484. The maximum absolute atomic E-state index is 11.9. The summed E-state index contributed by atoms with van der Waals surface area (Å²) in [6.07, 6.45) is 16.6. The van der Waals surface area contributed by atoms with Crippen molar-refractivity contribution in [1.82, 2.24) is 10.3 Å². The minimum atomic E-state index is -0.965. The molecular weight excluding hydrogens is 488 g/mol. The van der Waals surface area contributed by atoms with Crippen LogP contribution < -0.4 is 22.1 Å². The molecule has 1 aliphatic heterocycles. The van der Waals surface area contributed by atoms with Gasteiger partial charge in [0.05, 0.1) is 12.1 Å². The molecule has 8 N–H and O–H groups in total. The minimum Gasteiger partial charge on any atom is -0.478 e. The van der Waals surface area contributed by atoms with Gasteiger partial charge in [0.15, 0.2) is 5.96 Å². The van der Waals surface area contributed by atoms with Gasteiger partial charge in [-0.2, -0.15) is 0 Å². The summed E-state index contributed by atoms with van der Waals surface area (Å²) < 4.78 is 0. The van der Waals surface area contributed by atoms with Crippen LogP contribution in [0.1, 0.15) is 70.3 Å². The number of nitrogens with zero attached hydrogens (tertiary/aromatic N) is 1. The Kier molecular flexibility index (Phi) is 12.7. The number of H-pyrrole nitrogens is 1. The lowest BCUT2D eigenvalue weighted by atomic mass is 9.87. The molecule has 0 amide bonds. The van der Waals surface area contributed by atoms with Gasteiger partial charge >= 0.3 is 5.97 Å². The highest BCUT2D eigenvalue weighted by Crippen LogP contribution is 2.26. The van der Waals surface area contributed by atoms with E-state index in [1.807, 2.05) is 36.5 Å². The fourth-order valence-electron chi connectivity index (χ4n) is 5.16. The number of guanidine groups is 1. The van der Waals surface area contributed by atoms with Gasteiger partial charge in [-0.15, -0.1) is 0 Å². The van der Waals surface area contributed by atoms with Crippen LogP contribution >= 0.6 is 0 Å². The number of carbonyl (C=O) groups is 1. The Morgan fingerprint density at radius 3 is 2.62 bits per heavy atom. The predicted octanol–water partition coefficient (Wildman–Crippen LogP) is 5.28. The molecule has 0 bridgehead atoms. The Bertz CT molecular complexity index is 1060. The third-order valence-electron chi connectivity index (χ3n) is 7.31. The molecule has 0 saturated heterocycles. The average Bonchev–Trinajstić information content (AvgIpc) is 3.44. The number of anilines is 1. The molecule has 1 aromatic carbocycles. The van der Waals surface area contributed by atoms with Gasteiger partial charge in [0.1, 0.15) is 5.82 Å². The van der Waals surface area contributed by atoms with Crippen LogP contribution in [-0.4, -0.2) is 46.7 Å². The van der Waals surface area contributed by atoms with Gasteiger partial charge in [-0.25, -0.2) is 4.79 Å². The number of aliphatic carboxylic acids is 1. The zero-order valence-electron chi connectivity index (χ0n) is 23.2. The van der Waals surface area contributed by atoms with E-state index in [9.17, 15) is 9.90 Å². The van der Waals surface area contributed by atoms with Gasteiger partial charge in [0.2, 0.25) is 0 Å². The number of aliphatic imine (C=N–C) groups is 1. The van der Waals surface area contributed by atoms with E-state index in [0.717, 1.165) is 49.9 Å². The lowest BCUT2D eigenvalue weighted by Crippen LogP contribution is -2.48. The molecule has 39 heavy (non-hydrogen) atoms. The summed E-state index contributed by atoms with van der Waals surface area (Å²) in [5.41, 5.74) is 14.3. The molecule has 212 valence electrons. The topological polar surface area (TPSA) is 142 Å². The molecule has 0 fully saturated rings. The molecule has 1 aliphatic rings. The zero-order chi connectivity index (χ0) is 27.9. The predicted molar refractivity (Wildman–Crippen MR) is 162 cm³/mol. The number of carboxylic acids is 1. The summed E-state index contributed by atoms with van der Waals surface area (Å²) in [4.78, 5) is 19.3. The van der Waals surface area contributed by atoms with Crippen molar-refractivity contribution in [2.45, 2.75) is 82.8 Å². The van der Waals surface area contributed by atoms with E-state index in [1.54, 1.807) is 0 Å². The lowest BCUT2D eigenvalue weighted by molar-refractivity contribution is -0.131. The molecule has 3 rings (SSSR count). The second-order valence-electron chi connectivity index (χ2n) is 10.5. The first kappa shape index (κ1) is 30.0. The van der Waals surface area contributed by atoms with Crippen LogP contribution in [0.25, 0.3) is 6.08 Å². The normalized spacial score (nSPS) is 18.3. The first-order valence-electron chi connectivity index (χ1n) is 14.3. The average molecular weight is 535 g/mol. The van der Waals surface area contributed by atoms with Crippen LogP contribution in [-0.2, 0) is 4.79 Å². The number of unbranched alkanes of at least 4 members (excludes halogenated alkanes) is 1. The molecule has 0 radical (unpaired) electrons. The third-order valence-corrected chi connectivity index (χ3v) is 7.31. The summed E-state index contributed by atoms with van der Waals surface area (Å²) in [5.74, 6) is 0.581. The Morgan fingerprint density at radius 2 is 1.92 bits per heavy atom. The number of nitrogens with one attached hydrogen (secondary N) is 3. The number of carboxylic acid groups (broad SMARTS) is 1. The second-order valence-corrected chi connectivity index (χ2v) is 10.5. The quantitative estimate of drug-likeness (QED) is 0.153. The number of hydrogen-bond acceptors (Lipinski definition) is 6. The smallest absolute Gasteiger partial charge is 0.328 e. The minimum absolute atomic E-state index is 0.192. The van der Waals surface area contributed by atoms with Crippen molar-refractivity contribution >= 4 is 23.8 Å². The van der Waals surface area contributed by atoms with Gasteiger partial charge in [-0.05, 0) is 67.7 Å². The molecule has 2 heterocycles. The summed E-state index contributed by atoms with van der Waals surface area (Å²) >= 11 is 0. The number of aromatic amines is 1. The molecular formula is C31H46N6O2. The van der Waals surface area contributed by atoms with Crippen LogP contribution in [0.2, 0.25) is 0 Å². The summed E-state index contributed by atoms with van der Waals surface area (Å²) in [6.45, 7) is 2.77. The molecule has 0 aliphatic carbocycles. The SMILES string of the molecule is CCCCC(N)CCCC(C=Cc1ccccc1)CCC(Nc1ccc[nH]1)C(=CC(=O)O)C1CCN=C(N)N1. The van der Waals surface area contributed by atoms with Crippen molar-refractivity contribution in [3.8, 4) is 0 Å². The molecule has 4 unspecified atom stereocenters. The molecule has 8 heteroatoms. The van der Waals surface area contributed by atoms with Crippen molar-refractivity contribution in [1.29, 1.82) is 0 Å². The van der Waals surface area contributed by atoms with Crippen LogP contribution in [0.15, 0.2) is 71.4 Å². The first-order chi connectivity index (χ1) is 18.9. The number of hydrogen-bond donors (Lipinski definition) is 6. The second kappa shape index (κ2) is 16.4. The van der Waals surface area contributed by atoms with Crippen molar-refractivity contribution in [3.63, 3.8) is 0 Å². The van der Waals surface area contributed by atoms with Gasteiger partial charge in [-0.1, -0.05) is 68.7 Å². The van der Waals surface area contributed by atoms with Crippen LogP contribution in [0, 0.1) is 5.92 Å². The molecule has 8 nitrogen and oxygen atoms in total. The number of allylic oxidation sites excluding steroid dienone is 1. The largest absolute Gasteiger partial charge is 0.478 e. The monoisotopic (exact) mass is 534 g/mol. The maximum atomic E-state index is 11.9. The van der Waals surface area contributed by atoms with Gasteiger partial charge in [0.25, 0.3) is 0 Å². The highest BCUT2D eigenvalue weighted by atomic mass is 16.4. The van der Waals surface area contributed by atoms with Crippen LogP contribution in [0.5, 0.6) is 0 Å². The van der Waals surface area contributed by atoms with Crippen molar-refractivity contribution in [2.75, 3.05) is 11.9 Å².